The minimum atomic E-state index is -3.48. The van der Waals surface area contributed by atoms with E-state index in [2.05, 4.69) is 5.32 Å². The van der Waals surface area contributed by atoms with Gasteiger partial charge in [-0.3, -0.25) is 5.32 Å². The van der Waals surface area contributed by atoms with E-state index in [-0.39, 0.29) is 29.3 Å². The Balaban J connectivity index is 1.82. The molecule has 9 nitrogen and oxygen atoms in total. The molecule has 0 radical (unpaired) electrons. The summed E-state index contributed by atoms with van der Waals surface area (Å²) in [6.45, 7) is 1.63. The number of esters is 1. The first-order chi connectivity index (χ1) is 14.7. The molecule has 0 aliphatic heterocycles. The minimum absolute atomic E-state index is 0.00520. The Hall–Kier alpha value is -3.66. The number of benzene rings is 2. The summed E-state index contributed by atoms with van der Waals surface area (Å²) in [5.74, 6) is -0.743. The molecule has 0 unspecified atom stereocenters. The van der Waals surface area contributed by atoms with Gasteiger partial charge >= 0.3 is 17.7 Å². The van der Waals surface area contributed by atoms with Gasteiger partial charge in [0.2, 0.25) is 0 Å². The van der Waals surface area contributed by atoms with Gasteiger partial charge in [0.25, 0.3) is 0 Å². The highest BCUT2D eigenvalue weighted by molar-refractivity contribution is 7.90. The number of carbonyl (C=O) groups is 2. The fourth-order valence-electron chi connectivity index (χ4n) is 2.79. The van der Waals surface area contributed by atoms with Crippen LogP contribution in [0.1, 0.15) is 22.8 Å². The van der Waals surface area contributed by atoms with E-state index in [9.17, 15) is 22.8 Å². The topological polar surface area (TPSA) is 129 Å². The normalized spacial score (nSPS) is 11.2. The van der Waals surface area contributed by atoms with Crippen LogP contribution in [0.25, 0.3) is 11.0 Å². The zero-order valence-corrected chi connectivity index (χ0v) is 17.5. The molecule has 1 aromatic heterocycles. The Morgan fingerprint density at radius 3 is 2.55 bits per heavy atom. The van der Waals surface area contributed by atoms with Crippen LogP contribution in [0.2, 0.25) is 0 Å². The molecule has 1 heterocycles. The lowest BCUT2D eigenvalue weighted by molar-refractivity contribution is 0.0473. The van der Waals surface area contributed by atoms with Gasteiger partial charge in [0.15, 0.2) is 9.84 Å². The molecule has 0 aliphatic rings. The van der Waals surface area contributed by atoms with Crippen molar-refractivity contribution < 1.29 is 31.9 Å². The summed E-state index contributed by atoms with van der Waals surface area (Å²) in [5.41, 5.74) is 0.344. The second-order valence-electron chi connectivity index (χ2n) is 6.52. The zero-order valence-electron chi connectivity index (χ0n) is 16.7. The van der Waals surface area contributed by atoms with Gasteiger partial charge in [0, 0.05) is 35.0 Å². The first kappa shape index (κ1) is 22.0. The zero-order chi connectivity index (χ0) is 22.6. The summed E-state index contributed by atoms with van der Waals surface area (Å²) in [4.78, 5) is 35.9. The van der Waals surface area contributed by atoms with Gasteiger partial charge in [-0.15, -0.1) is 0 Å². The fraction of sp³-hybridized carbons (Fsp3) is 0.190. The van der Waals surface area contributed by atoms with Crippen LogP contribution < -0.4 is 10.9 Å². The number of hydrogen-bond donors (Lipinski definition) is 1. The molecule has 0 aliphatic carbocycles. The van der Waals surface area contributed by atoms with Crippen molar-refractivity contribution in [3.05, 3.63) is 70.1 Å². The van der Waals surface area contributed by atoms with E-state index >= 15 is 0 Å². The van der Waals surface area contributed by atoms with E-state index in [0.29, 0.717) is 16.6 Å². The van der Waals surface area contributed by atoms with Gasteiger partial charge < -0.3 is 13.9 Å². The molecule has 0 spiro atoms. The van der Waals surface area contributed by atoms with Gasteiger partial charge in [0.1, 0.15) is 12.2 Å². The standard InChI is InChI=1S/C21H19NO8S/c1-3-28-21(25)22-15-7-8-17-14(10-19(23)30-18(17)11-15)12-29-20(24)13-5-4-6-16(9-13)31(2,26)27/h4-11H,3,12H2,1-2H3,(H,22,25). The molecule has 0 bridgehead atoms. The molecule has 162 valence electrons. The average molecular weight is 445 g/mol. The Bertz CT molecular complexity index is 1310. The molecule has 31 heavy (non-hydrogen) atoms. The van der Waals surface area contributed by atoms with E-state index in [1.165, 1.54) is 36.4 Å². The van der Waals surface area contributed by atoms with Gasteiger partial charge in [-0.2, -0.15) is 0 Å². The smallest absolute Gasteiger partial charge is 0.411 e. The molecular formula is C21H19NO8S. The maximum Gasteiger partial charge on any atom is 0.411 e. The van der Waals surface area contributed by atoms with Gasteiger partial charge in [-0.1, -0.05) is 6.07 Å². The van der Waals surface area contributed by atoms with Gasteiger partial charge in [-0.25, -0.2) is 22.8 Å². The first-order valence-corrected chi connectivity index (χ1v) is 11.0. The second kappa shape index (κ2) is 9.00. The molecule has 1 amide bonds. The highest BCUT2D eigenvalue weighted by Crippen LogP contribution is 2.22. The first-order valence-electron chi connectivity index (χ1n) is 9.15. The Morgan fingerprint density at radius 2 is 1.84 bits per heavy atom. The predicted molar refractivity (Wildman–Crippen MR) is 112 cm³/mol. The lowest BCUT2D eigenvalue weighted by atomic mass is 10.1. The predicted octanol–water partition coefficient (Wildman–Crippen LogP) is 3.12. The van der Waals surface area contributed by atoms with E-state index < -0.39 is 27.5 Å². The van der Waals surface area contributed by atoms with Crippen LogP contribution in [-0.2, 0) is 25.9 Å². The second-order valence-corrected chi connectivity index (χ2v) is 8.54. The number of hydrogen-bond acceptors (Lipinski definition) is 8. The number of carbonyl (C=O) groups excluding carboxylic acids is 2. The van der Waals surface area contributed by atoms with Crippen molar-refractivity contribution in [2.45, 2.75) is 18.4 Å². The third-order valence-corrected chi connectivity index (χ3v) is 5.32. The van der Waals surface area contributed by atoms with Crippen LogP contribution in [0.3, 0.4) is 0 Å². The Kier molecular flexibility index (Phi) is 6.40. The van der Waals surface area contributed by atoms with Crippen molar-refractivity contribution in [1.82, 2.24) is 0 Å². The molecule has 3 aromatic rings. The molecule has 0 atom stereocenters. The third kappa shape index (κ3) is 5.48. The number of ether oxygens (including phenoxy) is 2. The lowest BCUT2D eigenvalue weighted by Crippen LogP contribution is -2.13. The summed E-state index contributed by atoms with van der Waals surface area (Å²) < 4.78 is 38.6. The van der Waals surface area contributed by atoms with Crippen molar-refractivity contribution in [1.29, 1.82) is 0 Å². The largest absolute Gasteiger partial charge is 0.457 e. The quantitative estimate of drug-likeness (QED) is 0.453. The SMILES string of the molecule is CCOC(=O)Nc1ccc2c(COC(=O)c3cccc(S(C)(=O)=O)c3)cc(=O)oc2c1. The maximum absolute atomic E-state index is 12.4. The summed E-state index contributed by atoms with van der Waals surface area (Å²) in [7, 11) is -3.48. The summed E-state index contributed by atoms with van der Waals surface area (Å²) in [5, 5.41) is 3.01. The van der Waals surface area contributed by atoms with Crippen LogP contribution in [-0.4, -0.2) is 33.3 Å². The number of nitrogens with one attached hydrogen (secondary N) is 1. The van der Waals surface area contributed by atoms with Crippen molar-refractivity contribution in [3.63, 3.8) is 0 Å². The van der Waals surface area contributed by atoms with Crippen LogP contribution in [0.15, 0.2) is 62.6 Å². The Morgan fingerprint density at radius 1 is 1.06 bits per heavy atom. The number of amides is 1. The lowest BCUT2D eigenvalue weighted by Gasteiger charge is -2.10. The minimum Gasteiger partial charge on any atom is -0.457 e. The maximum atomic E-state index is 12.4. The van der Waals surface area contributed by atoms with Crippen LogP contribution in [0, 0.1) is 0 Å². The van der Waals surface area contributed by atoms with Crippen LogP contribution >= 0.6 is 0 Å². The molecular weight excluding hydrogens is 426 g/mol. The van der Waals surface area contributed by atoms with E-state index in [1.807, 2.05) is 0 Å². The van der Waals surface area contributed by atoms with Crippen molar-refractivity contribution in [2.75, 3.05) is 18.2 Å². The molecule has 0 saturated heterocycles. The fourth-order valence-corrected chi connectivity index (χ4v) is 3.46. The van der Waals surface area contributed by atoms with Crippen LogP contribution in [0.4, 0.5) is 10.5 Å². The van der Waals surface area contributed by atoms with Crippen molar-refractivity contribution in [2.24, 2.45) is 0 Å². The summed E-state index contributed by atoms with van der Waals surface area (Å²) in [6.07, 6.45) is 0.392. The van der Waals surface area contributed by atoms with E-state index in [4.69, 9.17) is 13.9 Å². The number of rotatable bonds is 6. The molecule has 2 aromatic carbocycles. The van der Waals surface area contributed by atoms with Gasteiger partial charge in [-0.05, 0) is 37.3 Å². The third-order valence-electron chi connectivity index (χ3n) is 4.21. The Labute approximate surface area is 177 Å². The monoisotopic (exact) mass is 445 g/mol. The molecule has 1 N–H and O–H groups in total. The molecule has 10 heteroatoms. The summed E-state index contributed by atoms with van der Waals surface area (Å²) >= 11 is 0. The van der Waals surface area contributed by atoms with Crippen molar-refractivity contribution >= 4 is 38.6 Å². The molecule has 0 saturated carbocycles. The van der Waals surface area contributed by atoms with Gasteiger partial charge in [0.05, 0.1) is 17.1 Å². The average Bonchev–Trinajstić information content (AvgIpc) is 2.71. The summed E-state index contributed by atoms with van der Waals surface area (Å²) in [6, 6.07) is 11.3. The number of anilines is 1. The van der Waals surface area contributed by atoms with Crippen molar-refractivity contribution in [3.8, 4) is 0 Å². The van der Waals surface area contributed by atoms with E-state index in [1.54, 1.807) is 19.1 Å². The highest BCUT2D eigenvalue weighted by atomic mass is 32.2. The number of fused-ring (bicyclic) bond motifs is 1. The highest BCUT2D eigenvalue weighted by Gasteiger charge is 2.15. The van der Waals surface area contributed by atoms with E-state index in [0.717, 1.165) is 6.26 Å². The van der Waals surface area contributed by atoms with Crippen LogP contribution in [0.5, 0.6) is 0 Å². The number of sulfone groups is 1. The molecule has 3 rings (SSSR count). The molecule has 0 fully saturated rings.